The first-order valence-electron chi connectivity index (χ1n) is 5.25. The number of Topliss-reactive ketones (excluding diaryl/α,β-unsaturated/α-hetero) is 1. The Labute approximate surface area is 88.6 Å². The van der Waals surface area contributed by atoms with E-state index in [-0.39, 0.29) is 5.78 Å². The second-order valence-electron chi connectivity index (χ2n) is 4.11. The Balaban J connectivity index is 2.11. The highest BCUT2D eigenvalue weighted by atomic mass is 16.5. The standard InChI is InChI=1S/C13H12O2/c14-12-6-10-7-15-8-11(10)13(12)9-4-2-1-3-5-9/h1-5,10H,6-8H2/i12+1. The average Bonchev–Trinajstić information content (AvgIpc) is 2.78. The summed E-state index contributed by atoms with van der Waals surface area (Å²) in [6, 6.07) is 9.91. The number of benzene rings is 1. The Hall–Kier alpha value is -1.41. The Morgan fingerprint density at radius 3 is 2.80 bits per heavy atom. The van der Waals surface area contributed by atoms with Crippen molar-refractivity contribution in [2.24, 2.45) is 5.92 Å². The maximum absolute atomic E-state index is 11.9. The Morgan fingerprint density at radius 2 is 2.00 bits per heavy atom. The van der Waals surface area contributed by atoms with Gasteiger partial charge in [0.2, 0.25) is 0 Å². The van der Waals surface area contributed by atoms with Gasteiger partial charge < -0.3 is 4.74 Å². The van der Waals surface area contributed by atoms with Gasteiger partial charge in [0, 0.05) is 17.9 Å². The Bertz CT molecular complexity index is 431. The summed E-state index contributed by atoms with van der Waals surface area (Å²) in [5.74, 6) is 0.636. The van der Waals surface area contributed by atoms with Gasteiger partial charge in [-0.15, -0.1) is 0 Å². The zero-order valence-electron chi connectivity index (χ0n) is 8.40. The molecular weight excluding hydrogens is 189 g/mol. The fraction of sp³-hybridized carbons (Fsp3) is 0.308. The molecule has 3 rings (SSSR count). The van der Waals surface area contributed by atoms with E-state index >= 15 is 0 Å². The van der Waals surface area contributed by atoms with Crippen LogP contribution in [0.25, 0.3) is 5.57 Å². The highest BCUT2D eigenvalue weighted by Crippen LogP contribution is 2.38. The molecule has 0 saturated carbocycles. The SMILES string of the molecule is O=[13C]1CC2COCC2=C1c1ccccc1. The molecule has 2 nitrogen and oxygen atoms in total. The summed E-state index contributed by atoms with van der Waals surface area (Å²) < 4.78 is 5.40. The fourth-order valence-electron chi connectivity index (χ4n) is 2.44. The third-order valence-electron chi connectivity index (χ3n) is 3.16. The number of fused-ring (bicyclic) bond motifs is 1. The smallest absolute Gasteiger partial charge is 0.164 e. The predicted molar refractivity (Wildman–Crippen MR) is 57.3 cm³/mol. The number of rotatable bonds is 1. The minimum atomic E-state index is 0.282. The molecule has 0 spiro atoms. The van der Waals surface area contributed by atoms with Crippen LogP contribution in [0.1, 0.15) is 12.0 Å². The molecule has 2 heteroatoms. The number of carbonyl (C=O) groups is 1. The summed E-state index contributed by atoms with van der Waals surface area (Å²) in [6.45, 7) is 1.36. The van der Waals surface area contributed by atoms with Crippen LogP contribution in [0.2, 0.25) is 0 Å². The van der Waals surface area contributed by atoms with Crippen molar-refractivity contribution in [2.45, 2.75) is 6.42 Å². The lowest BCUT2D eigenvalue weighted by atomic mass is 10.0. The van der Waals surface area contributed by atoms with Gasteiger partial charge in [-0.1, -0.05) is 30.3 Å². The fourth-order valence-corrected chi connectivity index (χ4v) is 2.44. The zero-order chi connectivity index (χ0) is 10.3. The summed E-state index contributed by atoms with van der Waals surface area (Å²) in [5.41, 5.74) is 3.18. The maximum Gasteiger partial charge on any atom is 0.164 e. The van der Waals surface area contributed by atoms with Gasteiger partial charge in [0.05, 0.1) is 13.2 Å². The van der Waals surface area contributed by atoms with Crippen LogP contribution in [0.5, 0.6) is 0 Å². The molecule has 1 unspecified atom stereocenters. The van der Waals surface area contributed by atoms with Crippen LogP contribution in [0.3, 0.4) is 0 Å². The van der Waals surface area contributed by atoms with Gasteiger partial charge in [-0.2, -0.15) is 0 Å². The molecule has 1 fully saturated rings. The van der Waals surface area contributed by atoms with E-state index in [4.69, 9.17) is 4.74 Å². The zero-order valence-corrected chi connectivity index (χ0v) is 8.40. The summed E-state index contributed by atoms with van der Waals surface area (Å²) in [7, 11) is 0. The first kappa shape index (κ1) is 8.86. The van der Waals surface area contributed by atoms with Crippen molar-refractivity contribution in [3.05, 3.63) is 41.5 Å². The van der Waals surface area contributed by atoms with Gasteiger partial charge in [0.15, 0.2) is 5.78 Å². The Kier molecular flexibility index (Phi) is 1.96. The van der Waals surface area contributed by atoms with Crippen molar-refractivity contribution < 1.29 is 9.53 Å². The summed E-state index contributed by atoms with van der Waals surface area (Å²) in [5, 5.41) is 0. The molecule has 0 bridgehead atoms. The highest BCUT2D eigenvalue weighted by Gasteiger charge is 2.36. The van der Waals surface area contributed by atoms with Crippen molar-refractivity contribution >= 4 is 11.4 Å². The minimum Gasteiger partial charge on any atom is -0.376 e. The van der Waals surface area contributed by atoms with Crippen LogP contribution in [0.4, 0.5) is 0 Å². The molecule has 1 atom stereocenters. The number of ketones is 1. The van der Waals surface area contributed by atoms with Crippen molar-refractivity contribution in [1.82, 2.24) is 0 Å². The highest BCUT2D eigenvalue weighted by molar-refractivity contribution is 6.24. The van der Waals surface area contributed by atoms with E-state index in [1.54, 1.807) is 0 Å². The van der Waals surface area contributed by atoms with E-state index in [0.29, 0.717) is 18.9 Å². The first-order valence-corrected chi connectivity index (χ1v) is 5.25. The second kappa shape index (κ2) is 3.31. The molecule has 1 aromatic carbocycles. The van der Waals surface area contributed by atoms with Crippen LogP contribution in [-0.4, -0.2) is 19.0 Å². The van der Waals surface area contributed by atoms with Crippen LogP contribution < -0.4 is 0 Å². The number of allylic oxidation sites excluding steroid dienone is 1. The van der Waals surface area contributed by atoms with Gasteiger partial charge in [0.25, 0.3) is 0 Å². The lowest BCUT2D eigenvalue weighted by Crippen LogP contribution is -2.01. The van der Waals surface area contributed by atoms with E-state index in [1.165, 1.54) is 5.57 Å². The number of carbonyl (C=O) groups excluding carboxylic acids is 1. The molecule has 15 heavy (non-hydrogen) atoms. The summed E-state index contributed by atoms with van der Waals surface area (Å²) in [6.07, 6.45) is 0.638. The van der Waals surface area contributed by atoms with Crippen molar-refractivity contribution in [3.63, 3.8) is 0 Å². The molecule has 1 aromatic rings. The molecule has 0 N–H and O–H groups in total. The monoisotopic (exact) mass is 201 g/mol. The van der Waals surface area contributed by atoms with Crippen molar-refractivity contribution in [1.29, 1.82) is 0 Å². The van der Waals surface area contributed by atoms with Crippen molar-refractivity contribution in [3.8, 4) is 0 Å². The topological polar surface area (TPSA) is 26.3 Å². The number of hydrogen-bond acceptors (Lipinski definition) is 2. The average molecular weight is 201 g/mol. The molecule has 1 heterocycles. The molecule has 1 saturated heterocycles. The van der Waals surface area contributed by atoms with Crippen molar-refractivity contribution in [2.75, 3.05) is 13.2 Å². The molecule has 0 amide bonds. The minimum absolute atomic E-state index is 0.282. The molecular formula is C13H12O2. The quantitative estimate of drug-likeness (QED) is 0.650. The van der Waals surface area contributed by atoms with Gasteiger partial charge in [-0.3, -0.25) is 4.79 Å². The Morgan fingerprint density at radius 1 is 1.20 bits per heavy atom. The van der Waals surface area contributed by atoms with Gasteiger partial charge >= 0.3 is 0 Å². The van der Waals surface area contributed by atoms with E-state index in [1.807, 2.05) is 30.3 Å². The summed E-state index contributed by atoms with van der Waals surface area (Å²) >= 11 is 0. The molecule has 1 aliphatic heterocycles. The molecule has 76 valence electrons. The van der Waals surface area contributed by atoms with Crippen LogP contribution in [0, 0.1) is 5.92 Å². The largest absolute Gasteiger partial charge is 0.376 e. The lowest BCUT2D eigenvalue weighted by Gasteiger charge is -2.03. The van der Waals surface area contributed by atoms with E-state index in [0.717, 1.165) is 17.7 Å². The molecule has 0 aromatic heterocycles. The second-order valence-corrected chi connectivity index (χ2v) is 4.11. The van der Waals surface area contributed by atoms with E-state index < -0.39 is 0 Å². The van der Waals surface area contributed by atoms with Gasteiger partial charge in [0.1, 0.15) is 0 Å². The number of hydrogen-bond donors (Lipinski definition) is 0. The normalized spacial score (nSPS) is 24.8. The van der Waals surface area contributed by atoms with Gasteiger partial charge in [-0.05, 0) is 11.1 Å². The van der Waals surface area contributed by atoms with Crippen LogP contribution >= 0.6 is 0 Å². The van der Waals surface area contributed by atoms with Crippen LogP contribution in [-0.2, 0) is 9.53 Å². The van der Waals surface area contributed by atoms with Gasteiger partial charge in [-0.25, -0.2) is 0 Å². The number of ether oxygens (including phenoxy) is 1. The van der Waals surface area contributed by atoms with E-state index in [2.05, 4.69) is 0 Å². The molecule has 2 aliphatic rings. The molecule has 1 aliphatic carbocycles. The van der Waals surface area contributed by atoms with Crippen LogP contribution in [0.15, 0.2) is 35.9 Å². The molecule has 0 radical (unpaired) electrons. The third kappa shape index (κ3) is 1.33. The first-order chi connectivity index (χ1) is 7.36. The summed E-state index contributed by atoms with van der Waals surface area (Å²) in [4.78, 5) is 11.9. The van der Waals surface area contributed by atoms with E-state index in [9.17, 15) is 4.79 Å². The third-order valence-corrected chi connectivity index (χ3v) is 3.16. The maximum atomic E-state index is 11.9. The lowest BCUT2D eigenvalue weighted by molar-refractivity contribution is -0.113. The predicted octanol–water partition coefficient (Wildman–Crippen LogP) is 2.06.